The van der Waals surface area contributed by atoms with Crippen molar-refractivity contribution in [2.45, 2.75) is 0 Å². The predicted molar refractivity (Wildman–Crippen MR) is 171 cm³/mol. The van der Waals surface area contributed by atoms with Gasteiger partial charge in [0, 0.05) is 42.1 Å². The molecule has 1 aromatic heterocycles. The second kappa shape index (κ2) is 9.72. The van der Waals surface area contributed by atoms with E-state index in [2.05, 4.69) is 137 Å². The number of hydrogen-bond donors (Lipinski definition) is 0. The number of thiazole rings is 1. The largest absolute Gasteiger partial charge is 0.510 e. The molecule has 0 saturated carbocycles. The van der Waals surface area contributed by atoms with Crippen LogP contribution in [0.25, 0.3) is 43.0 Å². The van der Waals surface area contributed by atoms with Gasteiger partial charge in [-0.3, -0.25) is 4.98 Å². The van der Waals surface area contributed by atoms with Gasteiger partial charge in [0.1, 0.15) is 0 Å². The first kappa shape index (κ1) is 25.6. The van der Waals surface area contributed by atoms with E-state index in [0.717, 1.165) is 32.7 Å². The minimum Gasteiger partial charge on any atom is -0.510 e. The number of aromatic nitrogens is 1. The second-order valence-corrected chi connectivity index (χ2v) is 11.7. The molecule has 0 spiro atoms. The fraction of sp³-hybridized carbons (Fsp3) is 0.0286. The maximum atomic E-state index is 4.98. The quantitative estimate of drug-likeness (QED) is 0.144. The van der Waals surface area contributed by atoms with Gasteiger partial charge >= 0.3 is 0 Å². The molecule has 0 amide bonds. The van der Waals surface area contributed by atoms with Gasteiger partial charge in [-0.2, -0.15) is 35.6 Å². The van der Waals surface area contributed by atoms with Crippen LogP contribution in [0.2, 0.25) is 0 Å². The molecule has 0 atom stereocenters. The van der Waals surface area contributed by atoms with Crippen LogP contribution in [0.1, 0.15) is 0 Å². The maximum Gasteiger partial charge on any atom is 0.285 e. The summed E-state index contributed by atoms with van der Waals surface area (Å²) in [7, 11) is 2.04. The van der Waals surface area contributed by atoms with Crippen LogP contribution in [-0.4, -0.2) is 23.8 Å². The molecule has 204 valence electrons. The standard InChI is InChI=1S/C35H22BN4S.Pt/c1-38-18-19-39(22-38)24-15-17-26-28-9-3-6-12-33(28)40-32-11-5-2-8-27(32)25-16-14-23(20-29(25)36(40)30(26)21-24)35-37-31-10-4-7-13-34(31)41-35;/h2-19,22H,1H3;/q-3;. The van der Waals surface area contributed by atoms with Crippen molar-refractivity contribution in [3.05, 3.63) is 128 Å². The number of para-hydroxylation sites is 3. The smallest absolute Gasteiger partial charge is 0.285 e. The predicted octanol–water partition coefficient (Wildman–Crippen LogP) is 6.81. The molecule has 4 heterocycles. The van der Waals surface area contributed by atoms with E-state index in [4.69, 9.17) is 4.98 Å². The number of fused-ring (bicyclic) bond motifs is 12. The van der Waals surface area contributed by atoms with Gasteiger partial charge in [-0.05, 0) is 49.3 Å². The molecule has 6 aromatic rings. The Morgan fingerprint density at radius 1 is 0.714 bits per heavy atom. The van der Waals surface area contributed by atoms with Crippen LogP contribution in [0, 0.1) is 18.8 Å². The normalized spacial score (nSPS) is 14.2. The molecule has 0 saturated heterocycles. The number of anilines is 3. The first-order valence-corrected chi connectivity index (χ1v) is 14.5. The van der Waals surface area contributed by atoms with Crippen molar-refractivity contribution in [2.75, 3.05) is 16.8 Å². The summed E-state index contributed by atoms with van der Waals surface area (Å²) in [6, 6.07) is 42.4. The average Bonchev–Trinajstić information content (AvgIpc) is 3.67. The van der Waals surface area contributed by atoms with Crippen LogP contribution in [0.3, 0.4) is 0 Å². The van der Waals surface area contributed by atoms with Crippen LogP contribution in [0.5, 0.6) is 0 Å². The summed E-state index contributed by atoms with van der Waals surface area (Å²) in [5.74, 6) is 0. The van der Waals surface area contributed by atoms with E-state index in [1.54, 1.807) is 11.3 Å². The van der Waals surface area contributed by atoms with Crippen molar-refractivity contribution in [3.8, 4) is 32.8 Å². The van der Waals surface area contributed by atoms with Crippen molar-refractivity contribution in [1.29, 1.82) is 0 Å². The molecule has 7 heteroatoms. The van der Waals surface area contributed by atoms with E-state index in [0.29, 0.717) is 0 Å². The molecular formula is C35H22BN4PtS-3. The van der Waals surface area contributed by atoms with Gasteiger partial charge in [0.25, 0.3) is 6.85 Å². The Morgan fingerprint density at radius 2 is 1.38 bits per heavy atom. The monoisotopic (exact) mass is 736 g/mol. The van der Waals surface area contributed by atoms with Gasteiger partial charge in [-0.25, -0.2) is 0 Å². The summed E-state index contributed by atoms with van der Waals surface area (Å²) in [5.41, 5.74) is 12.7. The average molecular weight is 737 g/mol. The van der Waals surface area contributed by atoms with E-state index in [1.807, 2.05) is 13.1 Å². The van der Waals surface area contributed by atoms with Crippen molar-refractivity contribution in [3.63, 3.8) is 0 Å². The zero-order valence-electron chi connectivity index (χ0n) is 22.6. The van der Waals surface area contributed by atoms with Crippen LogP contribution in [0.15, 0.2) is 109 Å². The van der Waals surface area contributed by atoms with E-state index in [9.17, 15) is 0 Å². The number of hydrogen-bond acceptors (Lipinski definition) is 5. The molecule has 3 aliphatic rings. The van der Waals surface area contributed by atoms with E-state index >= 15 is 0 Å². The molecule has 0 radical (unpaired) electrons. The minimum atomic E-state index is -0.0802. The Bertz CT molecular complexity index is 2020. The molecule has 4 nitrogen and oxygen atoms in total. The SMILES string of the molecule is CN1C=CN(c2[c-]c3c(cc2)-c2ccccc2N2B3c3[c-]c(-c4nc5ccccc5s4)ccc3-c3ccccc32)[CH-]1.[Pt]. The Balaban J connectivity index is 0.00000267. The molecule has 0 bridgehead atoms. The van der Waals surface area contributed by atoms with E-state index in [1.165, 1.54) is 38.3 Å². The molecule has 42 heavy (non-hydrogen) atoms. The Morgan fingerprint density at radius 3 is 2.10 bits per heavy atom. The van der Waals surface area contributed by atoms with Crippen LogP contribution < -0.4 is 20.6 Å². The van der Waals surface area contributed by atoms with Crippen molar-refractivity contribution >= 4 is 56.4 Å². The van der Waals surface area contributed by atoms with E-state index < -0.39 is 0 Å². The van der Waals surface area contributed by atoms with Crippen LogP contribution in [0.4, 0.5) is 17.1 Å². The summed E-state index contributed by atoms with van der Waals surface area (Å²) < 4.78 is 1.19. The topological polar surface area (TPSA) is 22.6 Å². The first-order chi connectivity index (χ1) is 20.2. The summed E-state index contributed by atoms with van der Waals surface area (Å²) in [6.45, 7) is 2.00. The summed E-state index contributed by atoms with van der Waals surface area (Å²) >= 11 is 1.72. The van der Waals surface area contributed by atoms with Gasteiger partial charge in [-0.15, -0.1) is 52.1 Å². The summed E-state index contributed by atoms with van der Waals surface area (Å²) in [6.07, 6.45) is 4.13. The molecular weight excluding hydrogens is 714 g/mol. The molecule has 0 fully saturated rings. The third-order valence-corrected chi connectivity index (χ3v) is 9.29. The number of nitrogens with zero attached hydrogens (tertiary/aromatic N) is 4. The van der Waals surface area contributed by atoms with Crippen LogP contribution >= 0.6 is 11.3 Å². The van der Waals surface area contributed by atoms with Gasteiger partial charge in [0.2, 0.25) is 0 Å². The van der Waals surface area contributed by atoms with Crippen molar-refractivity contribution in [2.24, 2.45) is 0 Å². The second-order valence-electron chi connectivity index (χ2n) is 10.7. The third-order valence-electron chi connectivity index (χ3n) is 8.22. The fourth-order valence-corrected chi connectivity index (χ4v) is 7.35. The van der Waals surface area contributed by atoms with Crippen molar-refractivity contribution < 1.29 is 21.1 Å². The Labute approximate surface area is 263 Å². The van der Waals surface area contributed by atoms with Crippen LogP contribution in [-0.2, 0) is 21.1 Å². The molecule has 0 unspecified atom stereocenters. The van der Waals surface area contributed by atoms with E-state index in [-0.39, 0.29) is 27.9 Å². The summed E-state index contributed by atoms with van der Waals surface area (Å²) in [5, 5.41) is 0.994. The fourth-order valence-electron chi connectivity index (χ4n) is 6.40. The van der Waals surface area contributed by atoms with Gasteiger partial charge in [-0.1, -0.05) is 54.1 Å². The summed E-state index contributed by atoms with van der Waals surface area (Å²) in [4.78, 5) is 11.7. The number of rotatable bonds is 2. The number of benzene rings is 5. The van der Waals surface area contributed by atoms with Gasteiger partial charge < -0.3 is 14.6 Å². The first-order valence-electron chi connectivity index (χ1n) is 13.7. The zero-order chi connectivity index (χ0) is 27.1. The Kier molecular flexibility index (Phi) is 5.92. The minimum absolute atomic E-state index is 0. The molecule has 0 aliphatic carbocycles. The molecule has 5 aromatic carbocycles. The van der Waals surface area contributed by atoms with Crippen molar-refractivity contribution in [1.82, 2.24) is 9.88 Å². The maximum absolute atomic E-state index is 4.98. The molecule has 9 rings (SSSR count). The molecule has 0 N–H and O–H groups in total. The molecule has 3 aliphatic heterocycles. The third kappa shape index (κ3) is 3.75. The van der Waals surface area contributed by atoms with Gasteiger partial charge in [0.05, 0.1) is 5.52 Å². The Hall–Kier alpha value is -4.12. The zero-order valence-corrected chi connectivity index (χ0v) is 25.6. The van der Waals surface area contributed by atoms with Gasteiger partial charge in [0.15, 0.2) is 0 Å².